The Bertz CT molecular complexity index is 398. The lowest BCUT2D eigenvalue weighted by Gasteiger charge is -2.19. The zero-order chi connectivity index (χ0) is 17.1. The summed E-state index contributed by atoms with van der Waals surface area (Å²) in [6.07, 6.45) is 0.0413. The summed E-state index contributed by atoms with van der Waals surface area (Å²) in [5.74, 6) is -1.48. The van der Waals surface area contributed by atoms with E-state index in [9.17, 15) is 14.4 Å². The summed E-state index contributed by atoms with van der Waals surface area (Å²) in [5, 5.41) is 9.36. The van der Waals surface area contributed by atoms with Gasteiger partial charge in [0.05, 0.1) is 6.21 Å². The van der Waals surface area contributed by atoms with Crippen molar-refractivity contribution >= 4 is 23.9 Å². The average molecular weight is 315 g/mol. The van der Waals surface area contributed by atoms with Gasteiger partial charge in [0.25, 0.3) is 0 Å². The molecule has 0 aliphatic heterocycles. The molecule has 0 aliphatic rings. The highest BCUT2D eigenvalue weighted by Crippen LogP contribution is 2.03. The highest BCUT2D eigenvalue weighted by atomic mass is 16.5. The van der Waals surface area contributed by atoms with Crippen LogP contribution in [0.3, 0.4) is 0 Å². The first-order valence-corrected chi connectivity index (χ1v) is 6.99. The molecule has 0 unspecified atom stereocenters. The normalized spacial score (nSPS) is 13.3. The van der Waals surface area contributed by atoms with Crippen molar-refractivity contribution < 1.29 is 23.9 Å². The molecule has 0 saturated carbocycles. The number of rotatable bonds is 11. The van der Waals surface area contributed by atoms with Gasteiger partial charge in [-0.25, -0.2) is 4.79 Å². The molecule has 0 spiro atoms. The van der Waals surface area contributed by atoms with E-state index < -0.39 is 29.8 Å². The monoisotopic (exact) mass is 315 g/mol. The van der Waals surface area contributed by atoms with E-state index in [0.29, 0.717) is 12.8 Å². The minimum Gasteiger partial charge on any atom is -0.463 e. The fourth-order valence-electron chi connectivity index (χ4n) is 1.43. The highest BCUT2D eigenvalue weighted by Gasteiger charge is 2.25. The summed E-state index contributed by atoms with van der Waals surface area (Å²) >= 11 is 0. The molecule has 126 valence electrons. The highest BCUT2D eigenvalue weighted by molar-refractivity contribution is 6.26. The van der Waals surface area contributed by atoms with Crippen LogP contribution >= 0.6 is 0 Å². The average Bonchev–Trinajstić information content (AvgIpc) is 2.49. The standard InChI is InChI=1S/C14H25N3O5/c1-10(21-4)13(19)16-12(6-5-11(18)9-15)14(20)22-8-7-17(2)3/h9-10,12,15H,5-8H2,1-4H3,(H,16,19)/t10-,12-/m0/s1. The Kier molecular flexibility index (Phi) is 9.97. The quantitative estimate of drug-likeness (QED) is 0.397. The van der Waals surface area contributed by atoms with Crippen LogP contribution in [0, 0.1) is 5.41 Å². The Labute approximate surface area is 130 Å². The summed E-state index contributed by atoms with van der Waals surface area (Å²) in [5.41, 5.74) is 0. The lowest BCUT2D eigenvalue weighted by Crippen LogP contribution is -2.46. The molecule has 8 heteroatoms. The molecule has 0 aromatic heterocycles. The van der Waals surface area contributed by atoms with Crippen LogP contribution in [-0.4, -0.2) is 75.3 Å². The van der Waals surface area contributed by atoms with Gasteiger partial charge >= 0.3 is 5.97 Å². The van der Waals surface area contributed by atoms with Crippen LogP contribution in [0.2, 0.25) is 0 Å². The largest absolute Gasteiger partial charge is 0.463 e. The van der Waals surface area contributed by atoms with Crippen molar-refractivity contribution in [1.29, 1.82) is 5.41 Å². The molecule has 0 fully saturated rings. The first-order valence-electron chi connectivity index (χ1n) is 6.99. The van der Waals surface area contributed by atoms with E-state index >= 15 is 0 Å². The molecule has 8 nitrogen and oxygen atoms in total. The summed E-state index contributed by atoms with van der Waals surface area (Å²) in [4.78, 5) is 36.8. The summed E-state index contributed by atoms with van der Waals surface area (Å²) < 4.78 is 9.97. The fraction of sp³-hybridized carbons (Fsp3) is 0.714. The lowest BCUT2D eigenvalue weighted by molar-refractivity contribution is -0.149. The third-order valence-electron chi connectivity index (χ3n) is 2.95. The van der Waals surface area contributed by atoms with Crippen LogP contribution in [0.4, 0.5) is 0 Å². The first kappa shape index (κ1) is 20.2. The third-order valence-corrected chi connectivity index (χ3v) is 2.95. The van der Waals surface area contributed by atoms with Crippen molar-refractivity contribution in [3.8, 4) is 0 Å². The molecular formula is C14H25N3O5. The van der Waals surface area contributed by atoms with Gasteiger partial charge in [0.15, 0.2) is 5.78 Å². The van der Waals surface area contributed by atoms with Crippen LogP contribution in [0.25, 0.3) is 0 Å². The minimum atomic E-state index is -0.934. The summed E-state index contributed by atoms with van der Waals surface area (Å²) in [6, 6.07) is -0.934. The number of carbonyl (C=O) groups excluding carboxylic acids is 3. The van der Waals surface area contributed by atoms with Crippen LogP contribution in [0.15, 0.2) is 0 Å². The van der Waals surface area contributed by atoms with E-state index in [4.69, 9.17) is 14.9 Å². The second-order valence-corrected chi connectivity index (χ2v) is 5.06. The molecule has 0 saturated heterocycles. The first-order chi connectivity index (χ1) is 10.3. The SMILES string of the molecule is CO[C@@H](C)C(=O)N[C@@H](CCC(=O)C=N)C(=O)OCCN(C)C. The fourth-order valence-corrected chi connectivity index (χ4v) is 1.43. The molecule has 2 N–H and O–H groups in total. The van der Waals surface area contributed by atoms with Gasteiger partial charge in [-0.15, -0.1) is 0 Å². The van der Waals surface area contributed by atoms with Crippen molar-refractivity contribution in [2.75, 3.05) is 34.4 Å². The molecular weight excluding hydrogens is 290 g/mol. The number of carbonyl (C=O) groups is 3. The lowest BCUT2D eigenvalue weighted by atomic mass is 10.1. The molecule has 22 heavy (non-hydrogen) atoms. The zero-order valence-electron chi connectivity index (χ0n) is 13.5. The van der Waals surface area contributed by atoms with Gasteiger partial charge in [0.2, 0.25) is 5.91 Å². The number of Topliss-reactive ketones (excluding diaryl/α,β-unsaturated/α-hetero) is 1. The summed E-state index contributed by atoms with van der Waals surface area (Å²) in [6.45, 7) is 2.30. The smallest absolute Gasteiger partial charge is 0.328 e. The molecule has 0 radical (unpaired) electrons. The van der Waals surface area contributed by atoms with Gasteiger partial charge in [-0.3, -0.25) is 9.59 Å². The van der Waals surface area contributed by atoms with Gasteiger partial charge in [0, 0.05) is 20.1 Å². The van der Waals surface area contributed by atoms with E-state index in [1.54, 1.807) is 6.92 Å². The Morgan fingerprint density at radius 1 is 1.32 bits per heavy atom. The van der Waals surface area contributed by atoms with Gasteiger partial charge in [-0.05, 0) is 27.4 Å². The van der Waals surface area contributed by atoms with Gasteiger partial charge < -0.3 is 25.1 Å². The van der Waals surface area contributed by atoms with Gasteiger partial charge in [-0.2, -0.15) is 0 Å². The Balaban J connectivity index is 4.61. The van der Waals surface area contributed by atoms with Crippen molar-refractivity contribution in [2.45, 2.75) is 31.9 Å². The number of likely N-dealkylation sites (N-methyl/N-ethyl adjacent to an activating group) is 1. The maximum Gasteiger partial charge on any atom is 0.328 e. The van der Waals surface area contributed by atoms with Crippen molar-refractivity contribution in [2.24, 2.45) is 0 Å². The van der Waals surface area contributed by atoms with Gasteiger partial charge in [-0.1, -0.05) is 0 Å². The topological polar surface area (TPSA) is 109 Å². The Morgan fingerprint density at radius 3 is 2.45 bits per heavy atom. The predicted octanol–water partition coefficient (Wildman–Crippen LogP) is -0.390. The van der Waals surface area contributed by atoms with E-state index in [-0.39, 0.29) is 19.4 Å². The number of amides is 1. The molecule has 0 bridgehead atoms. The number of esters is 1. The number of ketones is 1. The second-order valence-electron chi connectivity index (χ2n) is 5.06. The molecule has 2 atom stereocenters. The van der Waals surface area contributed by atoms with Crippen LogP contribution in [0.1, 0.15) is 19.8 Å². The maximum atomic E-state index is 12.0. The van der Waals surface area contributed by atoms with Crippen molar-refractivity contribution in [1.82, 2.24) is 10.2 Å². The summed E-state index contributed by atoms with van der Waals surface area (Å²) in [7, 11) is 5.07. The number of hydrogen-bond acceptors (Lipinski definition) is 7. The number of methoxy groups -OCH3 is 1. The minimum absolute atomic E-state index is 0.0153. The molecule has 1 amide bonds. The van der Waals surface area contributed by atoms with E-state index in [2.05, 4.69) is 5.32 Å². The molecule has 0 aliphatic carbocycles. The Hall–Kier alpha value is -1.80. The van der Waals surface area contributed by atoms with Crippen molar-refractivity contribution in [3.63, 3.8) is 0 Å². The number of nitrogens with one attached hydrogen (secondary N) is 2. The number of hydrogen-bond donors (Lipinski definition) is 2. The predicted molar refractivity (Wildman–Crippen MR) is 80.9 cm³/mol. The second kappa shape index (κ2) is 10.9. The number of ether oxygens (including phenoxy) is 2. The molecule has 0 aromatic carbocycles. The van der Waals surface area contributed by atoms with E-state index in [1.165, 1.54) is 7.11 Å². The molecule has 0 heterocycles. The van der Waals surface area contributed by atoms with Crippen LogP contribution in [-0.2, 0) is 23.9 Å². The van der Waals surface area contributed by atoms with Crippen LogP contribution in [0.5, 0.6) is 0 Å². The molecule has 0 rings (SSSR count). The molecule has 0 aromatic rings. The van der Waals surface area contributed by atoms with Crippen LogP contribution < -0.4 is 5.32 Å². The maximum absolute atomic E-state index is 12.0. The van der Waals surface area contributed by atoms with E-state index in [0.717, 1.165) is 0 Å². The van der Waals surface area contributed by atoms with Gasteiger partial charge in [0.1, 0.15) is 18.8 Å². The van der Waals surface area contributed by atoms with Crippen molar-refractivity contribution in [3.05, 3.63) is 0 Å². The third kappa shape index (κ3) is 8.48. The van der Waals surface area contributed by atoms with E-state index in [1.807, 2.05) is 19.0 Å². The zero-order valence-corrected chi connectivity index (χ0v) is 13.5. The Morgan fingerprint density at radius 2 is 1.95 bits per heavy atom. The number of nitrogens with zero attached hydrogens (tertiary/aromatic N) is 1.